The maximum absolute atomic E-state index is 12.2. The zero-order valence-electron chi connectivity index (χ0n) is 15.8. The highest BCUT2D eigenvalue weighted by Gasteiger charge is 2.35. The van der Waals surface area contributed by atoms with Gasteiger partial charge in [-0.15, -0.1) is 0 Å². The number of alkyl halides is 6. The molecule has 0 bridgehead atoms. The third kappa shape index (κ3) is 8.41. The SMILES string of the molecule is O=S(=O)(NC(O)C(Cl)(Cl)Cl)c1ccc(Oc2ccc(S(=O)(=O)NC(O)C(Cl)(Cl)Cl)cc2)cc1. The summed E-state index contributed by atoms with van der Waals surface area (Å²) in [6, 6.07) is 9.90. The van der Waals surface area contributed by atoms with Gasteiger partial charge in [0.15, 0.2) is 12.5 Å². The van der Waals surface area contributed by atoms with Gasteiger partial charge in [-0.1, -0.05) is 69.6 Å². The second-order valence-corrected chi connectivity index (χ2v) is 14.3. The Morgan fingerprint density at radius 2 is 0.909 bits per heavy atom. The third-order valence-electron chi connectivity index (χ3n) is 3.66. The van der Waals surface area contributed by atoms with Gasteiger partial charge in [0.1, 0.15) is 11.5 Å². The Hall–Kier alpha value is -0.280. The Morgan fingerprint density at radius 3 is 1.15 bits per heavy atom. The van der Waals surface area contributed by atoms with E-state index in [2.05, 4.69) is 0 Å². The smallest absolute Gasteiger partial charge is 0.242 e. The summed E-state index contributed by atoms with van der Waals surface area (Å²) in [5, 5.41) is 19.2. The number of aliphatic hydroxyl groups is 2. The maximum atomic E-state index is 12.2. The van der Waals surface area contributed by atoms with Crippen LogP contribution < -0.4 is 14.2 Å². The van der Waals surface area contributed by atoms with E-state index in [1.807, 2.05) is 9.44 Å². The molecule has 0 heterocycles. The summed E-state index contributed by atoms with van der Waals surface area (Å²) in [6.07, 6.45) is -3.97. The molecular weight excluding hydrogens is 609 g/mol. The summed E-state index contributed by atoms with van der Waals surface area (Å²) in [6.45, 7) is 0. The third-order valence-corrected chi connectivity index (χ3v) is 7.75. The van der Waals surface area contributed by atoms with Gasteiger partial charge in [0, 0.05) is 0 Å². The van der Waals surface area contributed by atoms with E-state index >= 15 is 0 Å². The average molecular weight is 623 g/mol. The Balaban J connectivity index is 2.10. The lowest BCUT2D eigenvalue weighted by Gasteiger charge is -2.20. The van der Waals surface area contributed by atoms with Crippen LogP contribution in [0.4, 0.5) is 0 Å². The number of halogens is 6. The van der Waals surface area contributed by atoms with Crippen molar-refractivity contribution in [1.29, 1.82) is 0 Å². The molecule has 2 aromatic carbocycles. The van der Waals surface area contributed by atoms with E-state index in [1.165, 1.54) is 48.5 Å². The lowest BCUT2D eigenvalue weighted by atomic mass is 10.3. The predicted molar refractivity (Wildman–Crippen MR) is 126 cm³/mol. The quantitative estimate of drug-likeness (QED) is 0.261. The van der Waals surface area contributed by atoms with Crippen molar-refractivity contribution in [2.75, 3.05) is 0 Å². The first-order valence-corrected chi connectivity index (χ1v) is 13.6. The van der Waals surface area contributed by atoms with Crippen molar-refractivity contribution in [3.8, 4) is 11.5 Å². The highest BCUT2D eigenvalue weighted by molar-refractivity contribution is 7.89. The lowest BCUT2D eigenvalue weighted by Crippen LogP contribution is -2.43. The van der Waals surface area contributed by atoms with Crippen LogP contribution in [-0.2, 0) is 20.0 Å². The molecule has 2 rings (SSSR count). The van der Waals surface area contributed by atoms with Crippen molar-refractivity contribution < 1.29 is 31.8 Å². The molecule has 0 saturated heterocycles. The highest BCUT2D eigenvalue weighted by Crippen LogP contribution is 2.31. The van der Waals surface area contributed by atoms with Gasteiger partial charge >= 0.3 is 0 Å². The van der Waals surface area contributed by atoms with Crippen molar-refractivity contribution in [2.45, 2.75) is 29.8 Å². The van der Waals surface area contributed by atoms with Crippen molar-refractivity contribution in [1.82, 2.24) is 9.44 Å². The molecule has 0 spiro atoms. The molecule has 2 atom stereocenters. The van der Waals surface area contributed by atoms with E-state index in [-0.39, 0.29) is 21.3 Å². The molecule has 0 aliphatic heterocycles. The maximum Gasteiger partial charge on any atom is 0.242 e. The summed E-state index contributed by atoms with van der Waals surface area (Å²) in [4.78, 5) is -0.494. The van der Waals surface area contributed by atoms with Crippen LogP contribution in [-0.4, -0.2) is 47.1 Å². The second-order valence-electron chi connectivity index (χ2n) is 6.18. The summed E-state index contributed by atoms with van der Waals surface area (Å²) >= 11 is 32.6. The number of sulfonamides is 2. The first kappa shape index (κ1) is 29.0. The second kappa shape index (κ2) is 10.8. The highest BCUT2D eigenvalue weighted by atomic mass is 35.6. The molecule has 0 aromatic heterocycles. The Bertz CT molecular complexity index is 1070. The number of ether oxygens (including phenoxy) is 1. The van der Waals surface area contributed by atoms with Gasteiger partial charge < -0.3 is 14.9 Å². The van der Waals surface area contributed by atoms with E-state index in [4.69, 9.17) is 74.3 Å². The van der Waals surface area contributed by atoms with Gasteiger partial charge in [0.25, 0.3) is 0 Å². The van der Waals surface area contributed by atoms with Crippen LogP contribution >= 0.6 is 69.6 Å². The normalized spacial score (nSPS) is 15.2. The van der Waals surface area contributed by atoms with Crippen LogP contribution in [0.3, 0.4) is 0 Å². The Morgan fingerprint density at radius 1 is 0.636 bits per heavy atom. The van der Waals surface area contributed by atoms with Gasteiger partial charge in [0.2, 0.25) is 27.6 Å². The fraction of sp³-hybridized carbons (Fsp3) is 0.250. The summed E-state index contributed by atoms with van der Waals surface area (Å²) < 4.78 is 53.5. The van der Waals surface area contributed by atoms with Crippen molar-refractivity contribution in [3.05, 3.63) is 48.5 Å². The zero-order chi connectivity index (χ0) is 25.2. The van der Waals surface area contributed by atoms with Gasteiger partial charge in [-0.3, -0.25) is 0 Å². The number of benzene rings is 2. The molecular formula is C16H14Cl6N2O7S2. The first-order valence-electron chi connectivity index (χ1n) is 8.34. The van der Waals surface area contributed by atoms with Crippen molar-refractivity contribution in [3.63, 3.8) is 0 Å². The fourth-order valence-electron chi connectivity index (χ4n) is 2.07. The molecule has 17 heteroatoms. The fourth-order valence-corrected chi connectivity index (χ4v) is 4.99. The van der Waals surface area contributed by atoms with Gasteiger partial charge in [-0.25, -0.2) is 16.8 Å². The molecule has 2 unspecified atom stereocenters. The standard InChI is InChI=1S/C16H14Cl6N2O7S2/c17-15(18,19)13(25)23-32(27,28)11-5-1-9(2-6-11)31-10-3-7-12(8-4-10)33(29,30)24-14(26)16(20,21)22/h1-8,13-14,23-26H. The number of rotatable bonds is 8. The monoisotopic (exact) mass is 620 g/mol. The van der Waals surface area contributed by atoms with Crippen LogP contribution in [0.5, 0.6) is 11.5 Å². The molecule has 0 fully saturated rings. The number of nitrogens with one attached hydrogen (secondary N) is 2. The predicted octanol–water partition coefficient (Wildman–Crippen LogP) is 3.41. The molecule has 0 amide bonds. The minimum atomic E-state index is -4.21. The molecule has 9 nitrogen and oxygen atoms in total. The largest absolute Gasteiger partial charge is 0.457 e. The van der Waals surface area contributed by atoms with Crippen LogP contribution in [0.15, 0.2) is 58.3 Å². The molecule has 33 heavy (non-hydrogen) atoms. The lowest BCUT2D eigenvalue weighted by molar-refractivity contribution is 0.167. The topological polar surface area (TPSA) is 142 Å². The van der Waals surface area contributed by atoms with Crippen molar-refractivity contribution >= 4 is 89.7 Å². The zero-order valence-corrected chi connectivity index (χ0v) is 22.0. The van der Waals surface area contributed by atoms with Crippen molar-refractivity contribution in [2.24, 2.45) is 0 Å². The molecule has 2 aromatic rings. The number of aliphatic hydroxyl groups excluding tert-OH is 2. The Labute approximate surface area is 219 Å². The number of hydrogen-bond acceptors (Lipinski definition) is 7. The Kier molecular flexibility index (Phi) is 9.45. The van der Waals surface area contributed by atoms with Gasteiger partial charge in [-0.2, -0.15) is 9.44 Å². The van der Waals surface area contributed by atoms with E-state index in [0.29, 0.717) is 0 Å². The molecule has 0 radical (unpaired) electrons. The van der Waals surface area contributed by atoms with Gasteiger partial charge in [0.05, 0.1) is 9.79 Å². The van der Waals surface area contributed by atoms with E-state index < -0.39 is 40.1 Å². The molecule has 184 valence electrons. The summed E-state index contributed by atoms with van der Waals surface area (Å²) in [5.74, 6) is 0.410. The van der Waals surface area contributed by atoms with Crippen LogP contribution in [0.25, 0.3) is 0 Å². The van der Waals surface area contributed by atoms with E-state index in [0.717, 1.165) is 0 Å². The molecule has 0 aliphatic carbocycles. The van der Waals surface area contributed by atoms with Crippen LogP contribution in [0.2, 0.25) is 0 Å². The molecule has 0 saturated carbocycles. The van der Waals surface area contributed by atoms with Crippen LogP contribution in [0.1, 0.15) is 0 Å². The summed E-state index contributed by atoms with van der Waals surface area (Å²) in [7, 11) is -8.41. The van der Waals surface area contributed by atoms with E-state index in [1.54, 1.807) is 0 Å². The molecule has 0 aliphatic rings. The minimum Gasteiger partial charge on any atom is -0.457 e. The average Bonchev–Trinajstić information content (AvgIpc) is 2.66. The summed E-state index contributed by atoms with van der Waals surface area (Å²) in [5.41, 5.74) is 0. The van der Waals surface area contributed by atoms with E-state index in [9.17, 15) is 27.0 Å². The van der Waals surface area contributed by atoms with Gasteiger partial charge in [-0.05, 0) is 48.5 Å². The first-order chi connectivity index (χ1) is 14.9. The number of hydrogen-bond donors (Lipinski definition) is 4. The molecule has 4 N–H and O–H groups in total. The van der Waals surface area contributed by atoms with Crippen LogP contribution in [0, 0.1) is 0 Å². The minimum absolute atomic E-state index is 0.205.